The van der Waals surface area contributed by atoms with E-state index in [0.717, 1.165) is 4.90 Å². The van der Waals surface area contributed by atoms with Gasteiger partial charge in [0.1, 0.15) is 12.2 Å². The molecule has 5 N–H and O–H groups in total. The van der Waals surface area contributed by atoms with E-state index in [-0.39, 0.29) is 0 Å². The predicted octanol–water partition coefficient (Wildman–Crippen LogP) is -1.77. The van der Waals surface area contributed by atoms with E-state index in [1.54, 1.807) is 0 Å². The Balaban J connectivity index is 2.13. The standard InChI is InChI=1S/C9H14FN3O4/c10-6-7(15)4(3-14)17-8(6)13-2-1-5(11)12-9(13)16/h1-2,4-8,14-15H,3,11H2,(H,12,16)/t4-,5-,6-,7?,8+/m1/s1/i10-1. The van der Waals surface area contributed by atoms with Gasteiger partial charge in [-0.15, -0.1) is 0 Å². The SMILES string of the molecule is N[C@H]1C=CN([C@H]2O[C@H](CO)C(O)[C@H]2[18F])C(=O)N1. The lowest BCUT2D eigenvalue weighted by atomic mass is 10.1. The average Bonchev–Trinajstić information content (AvgIpc) is 2.57. The molecular formula is C9H14FN3O4. The van der Waals surface area contributed by atoms with Crippen LogP contribution in [0.25, 0.3) is 0 Å². The van der Waals surface area contributed by atoms with Crippen molar-refractivity contribution >= 4 is 6.03 Å². The van der Waals surface area contributed by atoms with E-state index in [9.17, 15) is 14.3 Å². The first-order chi connectivity index (χ1) is 8.04. The Hall–Kier alpha value is -1.22. The average molecular weight is 246 g/mol. The van der Waals surface area contributed by atoms with Gasteiger partial charge in [-0.1, -0.05) is 0 Å². The van der Waals surface area contributed by atoms with Crippen LogP contribution in [-0.2, 0) is 4.74 Å². The van der Waals surface area contributed by atoms with E-state index in [4.69, 9.17) is 15.6 Å². The number of alkyl halides is 1. The summed E-state index contributed by atoms with van der Waals surface area (Å²) in [6, 6.07) is -0.613. The van der Waals surface area contributed by atoms with Crippen LogP contribution in [0.15, 0.2) is 12.3 Å². The summed E-state index contributed by atoms with van der Waals surface area (Å²) in [5, 5.41) is 20.7. The van der Waals surface area contributed by atoms with Gasteiger partial charge in [-0.2, -0.15) is 0 Å². The monoisotopic (exact) mass is 246 g/mol. The number of aliphatic hydroxyl groups is 2. The van der Waals surface area contributed by atoms with Gasteiger partial charge < -0.3 is 26.0 Å². The fraction of sp³-hybridized carbons (Fsp3) is 0.667. The van der Waals surface area contributed by atoms with Crippen molar-refractivity contribution in [1.82, 2.24) is 10.2 Å². The summed E-state index contributed by atoms with van der Waals surface area (Å²) >= 11 is 0. The number of aliphatic hydroxyl groups excluding tert-OH is 2. The van der Waals surface area contributed by atoms with Gasteiger partial charge in [-0.25, -0.2) is 9.18 Å². The number of urea groups is 1. The third kappa shape index (κ3) is 2.12. The van der Waals surface area contributed by atoms with E-state index in [1.165, 1.54) is 12.3 Å². The molecule has 0 aromatic rings. The highest BCUT2D eigenvalue weighted by Crippen LogP contribution is 2.27. The first kappa shape index (κ1) is 12.2. The van der Waals surface area contributed by atoms with Gasteiger partial charge in [0.25, 0.3) is 0 Å². The minimum absolute atomic E-state index is 0.517. The van der Waals surface area contributed by atoms with Gasteiger partial charge in [-0.05, 0) is 6.08 Å². The molecule has 0 bridgehead atoms. The summed E-state index contributed by atoms with van der Waals surface area (Å²) < 4.78 is 18.8. The van der Waals surface area contributed by atoms with Gasteiger partial charge in [0.05, 0.1) is 12.8 Å². The number of amides is 2. The van der Waals surface area contributed by atoms with E-state index in [2.05, 4.69) is 5.32 Å². The molecule has 1 saturated heterocycles. The van der Waals surface area contributed by atoms with Gasteiger partial charge in [0.2, 0.25) is 0 Å². The number of nitrogens with zero attached hydrogens (tertiary/aromatic N) is 1. The smallest absolute Gasteiger partial charge is 0.325 e. The number of ether oxygens (including phenoxy) is 1. The Morgan fingerprint density at radius 2 is 2.35 bits per heavy atom. The van der Waals surface area contributed by atoms with Crippen molar-refractivity contribution in [2.45, 2.75) is 30.8 Å². The van der Waals surface area contributed by atoms with Crippen molar-refractivity contribution in [3.8, 4) is 0 Å². The second-order valence-electron chi connectivity index (χ2n) is 3.91. The zero-order chi connectivity index (χ0) is 12.6. The Kier molecular flexibility index (Phi) is 3.29. The van der Waals surface area contributed by atoms with E-state index >= 15 is 0 Å². The highest BCUT2D eigenvalue weighted by molar-refractivity contribution is 5.77. The molecule has 2 aliphatic rings. The molecule has 5 atom stereocenters. The zero-order valence-electron chi connectivity index (χ0n) is 8.86. The fourth-order valence-corrected chi connectivity index (χ4v) is 1.80. The van der Waals surface area contributed by atoms with Crippen molar-refractivity contribution in [2.24, 2.45) is 5.73 Å². The maximum atomic E-state index is 13.7. The molecule has 17 heavy (non-hydrogen) atoms. The summed E-state index contributed by atoms with van der Waals surface area (Å²) in [6.07, 6.45) is -3.41. The Morgan fingerprint density at radius 3 is 2.88 bits per heavy atom. The molecule has 0 aromatic heterocycles. The number of hydrogen-bond acceptors (Lipinski definition) is 5. The first-order valence-corrected chi connectivity index (χ1v) is 5.16. The van der Waals surface area contributed by atoms with Crippen molar-refractivity contribution in [3.63, 3.8) is 0 Å². The van der Waals surface area contributed by atoms with Crippen LogP contribution in [0.3, 0.4) is 0 Å². The maximum Gasteiger partial charge on any atom is 0.325 e. The van der Waals surface area contributed by atoms with Crippen LogP contribution in [0, 0.1) is 0 Å². The molecule has 0 aliphatic carbocycles. The largest absolute Gasteiger partial charge is 0.394 e. The molecule has 2 aliphatic heterocycles. The van der Waals surface area contributed by atoms with Crippen LogP contribution in [0.5, 0.6) is 0 Å². The van der Waals surface area contributed by atoms with Crippen LogP contribution < -0.4 is 11.1 Å². The second kappa shape index (κ2) is 4.57. The lowest BCUT2D eigenvalue weighted by Crippen LogP contribution is -2.54. The molecule has 0 spiro atoms. The molecule has 2 amide bonds. The fourth-order valence-electron chi connectivity index (χ4n) is 1.80. The first-order valence-electron chi connectivity index (χ1n) is 5.16. The minimum atomic E-state index is -1.78. The molecular weight excluding hydrogens is 232 g/mol. The number of nitrogens with two attached hydrogens (primary N) is 1. The predicted molar refractivity (Wildman–Crippen MR) is 54.1 cm³/mol. The molecule has 2 heterocycles. The molecule has 7 nitrogen and oxygen atoms in total. The van der Waals surface area contributed by atoms with Gasteiger partial charge in [-0.3, -0.25) is 4.90 Å². The molecule has 0 saturated carbocycles. The normalized spacial score (nSPS) is 41.8. The molecule has 1 unspecified atom stereocenters. The van der Waals surface area contributed by atoms with Crippen LogP contribution >= 0.6 is 0 Å². The van der Waals surface area contributed by atoms with Crippen LogP contribution in [0.1, 0.15) is 0 Å². The van der Waals surface area contributed by atoms with Crippen LogP contribution in [0.4, 0.5) is 9.18 Å². The Labute approximate surface area is 96.6 Å². The van der Waals surface area contributed by atoms with E-state index < -0.39 is 43.4 Å². The van der Waals surface area contributed by atoms with Crippen molar-refractivity contribution in [1.29, 1.82) is 0 Å². The highest BCUT2D eigenvalue weighted by Gasteiger charge is 2.48. The summed E-state index contributed by atoms with van der Waals surface area (Å²) in [7, 11) is 0. The minimum Gasteiger partial charge on any atom is -0.394 e. The number of carbonyl (C=O) groups is 1. The Morgan fingerprint density at radius 1 is 1.65 bits per heavy atom. The van der Waals surface area contributed by atoms with Gasteiger partial charge in [0.15, 0.2) is 12.4 Å². The zero-order valence-corrected chi connectivity index (χ0v) is 8.86. The molecule has 96 valence electrons. The third-order valence-electron chi connectivity index (χ3n) is 2.73. The van der Waals surface area contributed by atoms with Crippen molar-refractivity contribution in [3.05, 3.63) is 12.3 Å². The van der Waals surface area contributed by atoms with Crippen molar-refractivity contribution in [2.75, 3.05) is 6.61 Å². The number of halogens is 1. The third-order valence-corrected chi connectivity index (χ3v) is 2.73. The number of hydrogen-bond donors (Lipinski definition) is 4. The maximum absolute atomic E-state index is 13.7. The van der Waals surface area contributed by atoms with E-state index in [1.807, 2.05) is 0 Å². The van der Waals surface area contributed by atoms with Crippen molar-refractivity contribution < 1.29 is 24.1 Å². The quantitative estimate of drug-likeness (QED) is 0.461. The topological polar surface area (TPSA) is 108 Å². The molecule has 0 radical (unpaired) electrons. The second-order valence-corrected chi connectivity index (χ2v) is 3.91. The van der Waals surface area contributed by atoms with E-state index in [0.29, 0.717) is 0 Å². The summed E-state index contributed by atoms with van der Waals surface area (Å²) in [5.74, 6) is 0. The molecule has 8 heteroatoms. The lowest BCUT2D eigenvalue weighted by Gasteiger charge is -2.30. The molecule has 0 aromatic carbocycles. The summed E-state index contributed by atoms with van der Waals surface area (Å²) in [4.78, 5) is 12.5. The van der Waals surface area contributed by atoms with Gasteiger partial charge >= 0.3 is 6.03 Å². The number of rotatable bonds is 2. The number of carbonyl (C=O) groups excluding carboxylic acids is 1. The van der Waals surface area contributed by atoms with Crippen LogP contribution in [-0.4, -0.2) is 58.5 Å². The number of nitrogens with one attached hydrogen (secondary N) is 1. The Bertz CT molecular complexity index is 340. The summed E-state index contributed by atoms with van der Waals surface area (Å²) in [6.45, 7) is -0.517. The molecule has 1 fully saturated rings. The van der Waals surface area contributed by atoms with Crippen LogP contribution in [0.2, 0.25) is 0 Å². The van der Waals surface area contributed by atoms with Gasteiger partial charge in [0, 0.05) is 6.20 Å². The summed E-state index contributed by atoms with van der Waals surface area (Å²) in [5.41, 5.74) is 5.43. The molecule has 2 rings (SSSR count). The highest BCUT2D eigenvalue weighted by atomic mass is 18.2. The lowest BCUT2D eigenvalue weighted by molar-refractivity contribution is -0.0588.